The normalized spacial score (nSPS) is 9.61. The first-order valence-corrected chi connectivity index (χ1v) is 5.21. The minimum atomic E-state index is -0.652. The lowest BCUT2D eigenvalue weighted by Gasteiger charge is -2.04. The molecule has 0 aliphatic carbocycles. The van der Waals surface area contributed by atoms with Crippen molar-refractivity contribution in [2.24, 2.45) is 0 Å². The minimum Gasteiger partial charge on any atom is -0.462 e. The number of pyridine rings is 1. The molecular weight excluding hydrogens is 238 g/mol. The number of aromatic amines is 1. The topological polar surface area (TPSA) is 85.5 Å². The highest BCUT2D eigenvalue weighted by atomic mass is 16.6. The van der Waals surface area contributed by atoms with Gasteiger partial charge in [0, 0.05) is 11.8 Å². The maximum Gasteiger partial charge on any atom is 0.333 e. The highest BCUT2D eigenvalue weighted by Gasteiger charge is 2.09. The van der Waals surface area contributed by atoms with Crippen LogP contribution in [0.2, 0.25) is 0 Å². The molecule has 1 aromatic rings. The minimum absolute atomic E-state index is 0.0891. The first-order valence-electron chi connectivity index (χ1n) is 5.21. The Morgan fingerprint density at radius 1 is 1.44 bits per heavy atom. The van der Waals surface area contributed by atoms with Crippen molar-refractivity contribution >= 4 is 11.9 Å². The van der Waals surface area contributed by atoms with Crippen LogP contribution < -0.4 is 10.3 Å². The van der Waals surface area contributed by atoms with Crippen LogP contribution >= 0.6 is 0 Å². The molecule has 0 fully saturated rings. The molecule has 0 saturated heterocycles. The number of rotatable bonds is 5. The summed E-state index contributed by atoms with van der Waals surface area (Å²) >= 11 is 0. The van der Waals surface area contributed by atoms with Gasteiger partial charge in [-0.1, -0.05) is 6.58 Å². The molecule has 0 radical (unpaired) electrons. The lowest BCUT2D eigenvalue weighted by molar-refractivity contribution is -0.142. The Balaban J connectivity index is 2.39. The first-order chi connectivity index (χ1) is 8.50. The molecule has 0 unspecified atom stereocenters. The van der Waals surface area contributed by atoms with Gasteiger partial charge in [0.1, 0.15) is 6.61 Å². The van der Waals surface area contributed by atoms with Gasteiger partial charge in [0.25, 0.3) is 5.56 Å². The Labute approximate surface area is 103 Å². The fraction of sp³-hybridized carbons (Fsp3) is 0.250. The van der Waals surface area contributed by atoms with E-state index in [9.17, 15) is 14.4 Å². The zero-order valence-electron chi connectivity index (χ0n) is 9.89. The fourth-order valence-corrected chi connectivity index (χ4v) is 1.01. The van der Waals surface area contributed by atoms with Crippen LogP contribution in [0.25, 0.3) is 0 Å². The van der Waals surface area contributed by atoms with Crippen molar-refractivity contribution in [2.45, 2.75) is 13.3 Å². The highest BCUT2D eigenvalue weighted by Crippen LogP contribution is 2.02. The second kappa shape index (κ2) is 6.39. The molecule has 0 aromatic carbocycles. The van der Waals surface area contributed by atoms with Crippen molar-refractivity contribution in [3.8, 4) is 5.75 Å². The summed E-state index contributed by atoms with van der Waals surface area (Å²) in [6.07, 6.45) is 1.29. The number of hydrogen-bond donors (Lipinski definition) is 1. The summed E-state index contributed by atoms with van der Waals surface area (Å²) in [4.78, 5) is 35.9. The van der Waals surface area contributed by atoms with Gasteiger partial charge < -0.3 is 14.5 Å². The smallest absolute Gasteiger partial charge is 0.333 e. The van der Waals surface area contributed by atoms with Gasteiger partial charge in [-0.3, -0.25) is 9.59 Å². The molecule has 1 aromatic heterocycles. The number of hydrogen-bond acceptors (Lipinski definition) is 5. The highest BCUT2D eigenvalue weighted by molar-refractivity contribution is 5.87. The second-order valence-corrected chi connectivity index (χ2v) is 3.50. The molecule has 96 valence electrons. The predicted molar refractivity (Wildman–Crippen MR) is 63.1 cm³/mol. The van der Waals surface area contributed by atoms with Crippen LogP contribution in [0.4, 0.5) is 0 Å². The number of nitrogens with one attached hydrogen (secondary N) is 1. The van der Waals surface area contributed by atoms with Gasteiger partial charge in [-0.25, -0.2) is 4.79 Å². The summed E-state index contributed by atoms with van der Waals surface area (Å²) in [7, 11) is 0. The van der Waals surface area contributed by atoms with Crippen molar-refractivity contribution < 1.29 is 19.1 Å². The molecule has 1 N–H and O–H groups in total. The van der Waals surface area contributed by atoms with E-state index in [-0.39, 0.29) is 24.4 Å². The molecule has 1 rings (SSSR count). The first kappa shape index (κ1) is 13.7. The van der Waals surface area contributed by atoms with Gasteiger partial charge in [0.2, 0.25) is 0 Å². The van der Waals surface area contributed by atoms with E-state index >= 15 is 0 Å². The third kappa shape index (κ3) is 4.25. The third-order valence-electron chi connectivity index (χ3n) is 1.89. The van der Waals surface area contributed by atoms with Crippen LogP contribution in [0.3, 0.4) is 0 Å². The molecule has 0 aliphatic rings. The predicted octanol–water partition coefficient (Wildman–Crippen LogP) is 0.790. The van der Waals surface area contributed by atoms with E-state index in [4.69, 9.17) is 9.47 Å². The van der Waals surface area contributed by atoms with E-state index in [0.29, 0.717) is 0 Å². The van der Waals surface area contributed by atoms with E-state index in [1.165, 1.54) is 25.3 Å². The van der Waals surface area contributed by atoms with Crippen LogP contribution in [-0.2, 0) is 14.3 Å². The number of esters is 2. The van der Waals surface area contributed by atoms with Gasteiger partial charge in [0.05, 0.1) is 6.42 Å². The maximum atomic E-state index is 11.3. The average molecular weight is 251 g/mol. The molecule has 0 atom stereocenters. The molecule has 6 heteroatoms. The lowest BCUT2D eigenvalue weighted by atomic mass is 10.3. The molecule has 0 aliphatic heterocycles. The number of carbonyl (C=O) groups is 2. The molecule has 0 amide bonds. The van der Waals surface area contributed by atoms with E-state index in [1.54, 1.807) is 0 Å². The Hall–Kier alpha value is -2.37. The Kier molecular flexibility index (Phi) is 4.86. The number of carbonyl (C=O) groups excluding carboxylic acids is 2. The molecule has 0 bridgehead atoms. The molecule has 1 heterocycles. The van der Waals surface area contributed by atoms with Crippen LogP contribution in [0.15, 0.2) is 35.3 Å². The zero-order chi connectivity index (χ0) is 13.5. The summed E-state index contributed by atoms with van der Waals surface area (Å²) < 4.78 is 9.51. The largest absolute Gasteiger partial charge is 0.462 e. The van der Waals surface area contributed by atoms with Crippen LogP contribution in [0.5, 0.6) is 5.75 Å². The second-order valence-electron chi connectivity index (χ2n) is 3.50. The zero-order valence-corrected chi connectivity index (χ0v) is 9.89. The van der Waals surface area contributed by atoms with E-state index in [2.05, 4.69) is 11.6 Å². The maximum absolute atomic E-state index is 11.3. The Morgan fingerprint density at radius 3 is 2.78 bits per heavy atom. The van der Waals surface area contributed by atoms with E-state index in [0.717, 1.165) is 0 Å². The van der Waals surface area contributed by atoms with Crippen LogP contribution in [-0.4, -0.2) is 23.5 Å². The van der Waals surface area contributed by atoms with Crippen LogP contribution in [0, 0.1) is 0 Å². The van der Waals surface area contributed by atoms with Crippen molar-refractivity contribution in [1.29, 1.82) is 0 Å². The van der Waals surface area contributed by atoms with E-state index < -0.39 is 17.5 Å². The molecule has 18 heavy (non-hydrogen) atoms. The molecule has 6 nitrogen and oxygen atoms in total. The Morgan fingerprint density at radius 2 is 2.17 bits per heavy atom. The summed E-state index contributed by atoms with van der Waals surface area (Å²) in [5, 5.41) is 0. The molecule has 0 saturated carbocycles. The van der Waals surface area contributed by atoms with Gasteiger partial charge in [0.15, 0.2) is 5.75 Å². The Bertz CT molecular complexity index is 517. The quantitative estimate of drug-likeness (QED) is 0.617. The third-order valence-corrected chi connectivity index (χ3v) is 1.89. The fourth-order valence-electron chi connectivity index (χ4n) is 1.01. The van der Waals surface area contributed by atoms with Gasteiger partial charge >= 0.3 is 11.9 Å². The molecular formula is C12H13NO5. The van der Waals surface area contributed by atoms with Gasteiger partial charge in [-0.15, -0.1) is 0 Å². The van der Waals surface area contributed by atoms with Crippen LogP contribution in [0.1, 0.15) is 13.3 Å². The summed E-state index contributed by atoms with van der Waals surface area (Å²) in [6.45, 7) is 4.78. The average Bonchev–Trinajstić information content (AvgIpc) is 2.32. The van der Waals surface area contributed by atoms with E-state index in [1.807, 2.05) is 0 Å². The van der Waals surface area contributed by atoms with Gasteiger partial charge in [-0.2, -0.15) is 0 Å². The van der Waals surface area contributed by atoms with Gasteiger partial charge in [-0.05, 0) is 19.1 Å². The van der Waals surface area contributed by atoms with Crippen molar-refractivity contribution in [3.05, 3.63) is 40.8 Å². The standard InChI is InChI=1S/C12H13NO5/c1-8(2)12(16)17-7-5-10(14)18-9-4-3-6-13-11(9)15/h3-4,6H,1,5,7H2,2H3,(H,13,15). The molecule has 0 spiro atoms. The summed E-state index contributed by atoms with van der Waals surface area (Å²) in [5.41, 5.74) is -0.243. The van der Waals surface area contributed by atoms with Crippen molar-refractivity contribution in [2.75, 3.05) is 6.61 Å². The van der Waals surface area contributed by atoms with Crippen molar-refractivity contribution in [3.63, 3.8) is 0 Å². The number of ether oxygens (including phenoxy) is 2. The number of aromatic nitrogens is 1. The summed E-state index contributed by atoms with van der Waals surface area (Å²) in [5.74, 6) is -1.31. The summed E-state index contributed by atoms with van der Waals surface area (Å²) in [6, 6.07) is 2.90. The lowest BCUT2D eigenvalue weighted by Crippen LogP contribution is -2.18. The number of H-pyrrole nitrogens is 1. The SMILES string of the molecule is C=C(C)C(=O)OCCC(=O)Oc1ccc[nH]c1=O. The van der Waals surface area contributed by atoms with Crippen molar-refractivity contribution in [1.82, 2.24) is 4.98 Å². The monoisotopic (exact) mass is 251 g/mol.